The number of aliphatic hydroxyl groups is 1. The number of ether oxygens (including phenoxy) is 3. The largest absolute Gasteiger partial charge is 0.493 e. The Labute approximate surface area is 166 Å². The van der Waals surface area contributed by atoms with Crippen LogP contribution < -0.4 is 24.4 Å². The quantitative estimate of drug-likeness (QED) is 0.636. The molecule has 0 radical (unpaired) electrons. The van der Waals surface area contributed by atoms with Gasteiger partial charge in [-0.1, -0.05) is 0 Å². The summed E-state index contributed by atoms with van der Waals surface area (Å²) in [5, 5.41) is 11.5. The second-order valence-corrected chi connectivity index (χ2v) is 8.72. The van der Waals surface area contributed by atoms with Gasteiger partial charge in [-0.3, -0.25) is 4.57 Å². The Hall–Kier alpha value is -2.21. The molecule has 8 heteroatoms. The first-order chi connectivity index (χ1) is 13.3. The zero-order valence-electron chi connectivity index (χ0n) is 17.1. The maximum atomic E-state index is 13.8. The number of hydrogen-bond acceptors (Lipinski definition) is 7. The lowest BCUT2D eigenvalue weighted by atomic mass is 10.2. The predicted octanol–water partition coefficient (Wildman–Crippen LogP) is 3.41. The van der Waals surface area contributed by atoms with Crippen LogP contribution in [0.5, 0.6) is 17.2 Å². The smallest absolute Gasteiger partial charge is 0.264 e. The van der Waals surface area contributed by atoms with Crippen LogP contribution >= 0.6 is 7.37 Å². The van der Waals surface area contributed by atoms with Crippen molar-refractivity contribution in [2.24, 2.45) is 0 Å². The van der Waals surface area contributed by atoms with E-state index in [0.29, 0.717) is 28.1 Å². The van der Waals surface area contributed by atoms with Gasteiger partial charge in [-0.2, -0.15) is 0 Å². The number of hydrogen-bond donors (Lipinski definition) is 1. The molecule has 2 aromatic carbocycles. The number of rotatable bonds is 9. The van der Waals surface area contributed by atoms with Gasteiger partial charge in [-0.15, -0.1) is 0 Å². The van der Waals surface area contributed by atoms with Crippen LogP contribution in [0.3, 0.4) is 0 Å². The van der Waals surface area contributed by atoms with Crippen molar-refractivity contribution in [1.82, 2.24) is 0 Å². The highest BCUT2D eigenvalue weighted by atomic mass is 31.2. The van der Waals surface area contributed by atoms with Gasteiger partial charge in [-0.05, 0) is 48.9 Å². The third-order valence-corrected chi connectivity index (χ3v) is 6.96. The molecule has 0 heterocycles. The van der Waals surface area contributed by atoms with Crippen molar-refractivity contribution in [3.8, 4) is 17.2 Å². The molecule has 0 aliphatic heterocycles. The minimum absolute atomic E-state index is 0.189. The highest BCUT2D eigenvalue weighted by Gasteiger charge is 2.37. The standard InChI is InChI=1S/C20H28NO6P/c1-7-27-28(23,16-10-8-15(9-11-16)21(2)3)20(22)14-12-17(24-4)19(26-6)18(13-14)25-5/h8-13,20,22H,7H2,1-6H3/t20-,28+/m1/s1. The maximum absolute atomic E-state index is 13.8. The zero-order valence-corrected chi connectivity index (χ0v) is 18.0. The molecule has 2 rings (SSSR count). The normalized spacial score (nSPS) is 14.1. The lowest BCUT2D eigenvalue weighted by molar-refractivity contribution is 0.217. The molecule has 0 saturated carbocycles. The first-order valence-corrected chi connectivity index (χ1v) is 10.5. The molecule has 0 fully saturated rings. The topological polar surface area (TPSA) is 77.5 Å². The molecule has 28 heavy (non-hydrogen) atoms. The molecule has 2 aromatic rings. The predicted molar refractivity (Wildman–Crippen MR) is 111 cm³/mol. The van der Waals surface area contributed by atoms with E-state index in [1.54, 1.807) is 31.2 Å². The van der Waals surface area contributed by atoms with Crippen LogP contribution in [0.1, 0.15) is 18.3 Å². The van der Waals surface area contributed by atoms with Crippen molar-refractivity contribution in [2.45, 2.75) is 12.8 Å². The first kappa shape index (κ1) is 22.1. The van der Waals surface area contributed by atoms with Gasteiger partial charge in [0.25, 0.3) is 7.37 Å². The minimum atomic E-state index is -3.63. The Balaban J connectivity index is 2.55. The fourth-order valence-electron chi connectivity index (χ4n) is 2.88. The monoisotopic (exact) mass is 409 g/mol. The van der Waals surface area contributed by atoms with E-state index >= 15 is 0 Å². The molecule has 154 valence electrons. The molecule has 0 aromatic heterocycles. The average Bonchev–Trinajstić information content (AvgIpc) is 2.72. The lowest BCUT2D eigenvalue weighted by Crippen LogP contribution is -2.16. The van der Waals surface area contributed by atoms with Gasteiger partial charge < -0.3 is 28.7 Å². The molecule has 0 spiro atoms. The zero-order chi connectivity index (χ0) is 20.9. The summed E-state index contributed by atoms with van der Waals surface area (Å²) in [7, 11) is 4.66. The third-order valence-electron chi connectivity index (χ3n) is 4.35. The number of benzene rings is 2. The van der Waals surface area contributed by atoms with Crippen LogP contribution in [0, 0.1) is 0 Å². The maximum Gasteiger partial charge on any atom is 0.264 e. The summed E-state index contributed by atoms with van der Waals surface area (Å²) >= 11 is 0. The van der Waals surface area contributed by atoms with Crippen LogP contribution in [0.25, 0.3) is 0 Å². The molecule has 7 nitrogen and oxygen atoms in total. The molecule has 1 N–H and O–H groups in total. The lowest BCUT2D eigenvalue weighted by Gasteiger charge is -2.25. The van der Waals surface area contributed by atoms with E-state index in [9.17, 15) is 9.67 Å². The van der Waals surface area contributed by atoms with Crippen LogP contribution in [0.4, 0.5) is 5.69 Å². The Morgan fingerprint density at radius 1 is 1.00 bits per heavy atom. The van der Waals surface area contributed by atoms with Crippen molar-refractivity contribution in [3.63, 3.8) is 0 Å². The summed E-state index contributed by atoms with van der Waals surface area (Å²) < 4.78 is 35.4. The Kier molecular flexibility index (Phi) is 7.35. The fourth-order valence-corrected chi connectivity index (χ4v) is 4.95. The van der Waals surface area contributed by atoms with Crippen molar-refractivity contribution < 1.29 is 28.4 Å². The fraction of sp³-hybridized carbons (Fsp3) is 0.400. The SMILES string of the molecule is CCO[P@@](=O)(c1ccc(N(C)C)cc1)[C@@H](O)c1cc(OC)c(OC)c(OC)c1. The van der Waals surface area contributed by atoms with Crippen LogP contribution in [-0.4, -0.2) is 47.1 Å². The highest BCUT2D eigenvalue weighted by Crippen LogP contribution is 2.59. The number of nitrogens with zero attached hydrogens (tertiary/aromatic N) is 1. The first-order valence-electron chi connectivity index (χ1n) is 8.82. The third kappa shape index (κ3) is 4.27. The van der Waals surface area contributed by atoms with Gasteiger partial charge in [0.1, 0.15) is 0 Å². The summed E-state index contributed by atoms with van der Waals surface area (Å²) in [4.78, 5) is 1.94. The van der Waals surface area contributed by atoms with Crippen molar-refractivity contribution in [3.05, 3.63) is 42.0 Å². The van der Waals surface area contributed by atoms with Gasteiger partial charge >= 0.3 is 0 Å². The highest BCUT2D eigenvalue weighted by molar-refractivity contribution is 7.67. The second kappa shape index (κ2) is 9.32. The van der Waals surface area contributed by atoms with E-state index in [4.69, 9.17) is 18.7 Å². The van der Waals surface area contributed by atoms with E-state index in [1.807, 2.05) is 31.1 Å². The van der Waals surface area contributed by atoms with Crippen molar-refractivity contribution in [1.29, 1.82) is 0 Å². The molecule has 2 atom stereocenters. The summed E-state index contributed by atoms with van der Waals surface area (Å²) in [6.45, 7) is 1.93. The van der Waals surface area contributed by atoms with E-state index in [-0.39, 0.29) is 6.61 Å². The molecular weight excluding hydrogens is 381 g/mol. The van der Waals surface area contributed by atoms with E-state index in [0.717, 1.165) is 5.69 Å². The van der Waals surface area contributed by atoms with Crippen LogP contribution in [0.2, 0.25) is 0 Å². The summed E-state index contributed by atoms with van der Waals surface area (Å²) in [5.74, 6) is -0.280. The summed E-state index contributed by atoms with van der Waals surface area (Å²) in [6, 6.07) is 10.3. The Morgan fingerprint density at radius 2 is 1.54 bits per heavy atom. The molecule has 0 amide bonds. The number of anilines is 1. The Bertz CT molecular complexity index is 812. The molecule has 0 aliphatic carbocycles. The Morgan fingerprint density at radius 3 is 1.93 bits per heavy atom. The van der Waals surface area contributed by atoms with E-state index < -0.39 is 13.2 Å². The number of aliphatic hydroxyl groups excluding tert-OH is 1. The molecule has 0 bridgehead atoms. The van der Waals surface area contributed by atoms with Gasteiger partial charge in [-0.25, -0.2) is 0 Å². The van der Waals surface area contributed by atoms with Crippen LogP contribution in [-0.2, 0) is 9.09 Å². The minimum Gasteiger partial charge on any atom is -0.493 e. The van der Waals surface area contributed by atoms with Crippen molar-refractivity contribution >= 4 is 18.4 Å². The molecular formula is C20H28NO6P. The molecule has 0 unspecified atom stereocenters. The second-order valence-electron chi connectivity index (χ2n) is 6.26. The summed E-state index contributed by atoms with van der Waals surface area (Å²) in [5.41, 5.74) is 1.30. The van der Waals surface area contributed by atoms with Gasteiger partial charge in [0.15, 0.2) is 17.3 Å². The summed E-state index contributed by atoms with van der Waals surface area (Å²) in [6.07, 6.45) is 0. The molecule has 0 saturated heterocycles. The van der Waals surface area contributed by atoms with Gasteiger partial charge in [0.2, 0.25) is 5.75 Å². The van der Waals surface area contributed by atoms with Gasteiger partial charge in [0.05, 0.1) is 27.9 Å². The van der Waals surface area contributed by atoms with Crippen LogP contribution in [0.15, 0.2) is 36.4 Å². The molecule has 0 aliphatic rings. The van der Waals surface area contributed by atoms with Gasteiger partial charge in [0, 0.05) is 25.1 Å². The van der Waals surface area contributed by atoms with Crippen molar-refractivity contribution in [2.75, 3.05) is 46.9 Å². The number of methoxy groups -OCH3 is 3. The van der Waals surface area contributed by atoms with E-state index in [1.165, 1.54) is 21.3 Å². The average molecular weight is 409 g/mol. The van der Waals surface area contributed by atoms with E-state index in [2.05, 4.69) is 0 Å².